The van der Waals surface area contributed by atoms with Gasteiger partial charge in [0, 0.05) is 25.3 Å². The normalized spacial score (nSPS) is 19.7. The Labute approximate surface area is 109 Å². The van der Waals surface area contributed by atoms with E-state index in [0.717, 1.165) is 26.1 Å². The first-order valence-electron chi connectivity index (χ1n) is 6.97. The molecule has 2 N–H and O–H groups in total. The van der Waals surface area contributed by atoms with E-state index in [1.54, 1.807) is 6.20 Å². The summed E-state index contributed by atoms with van der Waals surface area (Å²) in [5, 5.41) is 3.50. The quantitative estimate of drug-likeness (QED) is 0.838. The fourth-order valence-corrected chi connectivity index (χ4v) is 2.53. The second-order valence-corrected chi connectivity index (χ2v) is 4.98. The first kappa shape index (κ1) is 13.1. The van der Waals surface area contributed by atoms with Gasteiger partial charge in [-0.05, 0) is 37.9 Å². The number of rotatable bonds is 5. The van der Waals surface area contributed by atoms with Gasteiger partial charge in [0.25, 0.3) is 5.91 Å². The van der Waals surface area contributed by atoms with Crippen LogP contribution in [0.3, 0.4) is 0 Å². The van der Waals surface area contributed by atoms with Crippen molar-refractivity contribution >= 4 is 5.91 Å². The molecule has 1 aliphatic heterocycles. The number of piperidine rings is 1. The first-order chi connectivity index (χ1) is 8.81. The van der Waals surface area contributed by atoms with Gasteiger partial charge in [0.15, 0.2) is 0 Å². The van der Waals surface area contributed by atoms with Gasteiger partial charge in [-0.3, -0.25) is 4.79 Å². The highest BCUT2D eigenvalue weighted by atomic mass is 16.2. The summed E-state index contributed by atoms with van der Waals surface area (Å²) in [5.74, 6) is 0.120. The number of carbonyl (C=O) groups excluding carboxylic acids is 1. The molecule has 1 amide bonds. The minimum atomic E-state index is 0.120. The molecule has 2 rings (SSSR count). The van der Waals surface area contributed by atoms with E-state index in [2.05, 4.69) is 17.2 Å². The van der Waals surface area contributed by atoms with Gasteiger partial charge in [0.05, 0.1) is 0 Å². The van der Waals surface area contributed by atoms with Crippen LogP contribution in [-0.2, 0) is 0 Å². The van der Waals surface area contributed by atoms with Gasteiger partial charge in [-0.1, -0.05) is 13.3 Å². The lowest BCUT2D eigenvalue weighted by Gasteiger charge is -2.30. The van der Waals surface area contributed by atoms with Crippen molar-refractivity contribution in [1.82, 2.24) is 15.2 Å². The monoisotopic (exact) mass is 249 g/mol. The van der Waals surface area contributed by atoms with E-state index in [1.165, 1.54) is 19.3 Å². The third kappa shape index (κ3) is 3.35. The summed E-state index contributed by atoms with van der Waals surface area (Å²) in [4.78, 5) is 17.3. The SMILES string of the molecule is CCCN(CC1CCCCN1)C(=O)c1ccc[nH]1. The van der Waals surface area contributed by atoms with Crippen LogP contribution >= 0.6 is 0 Å². The van der Waals surface area contributed by atoms with Gasteiger partial charge in [0.1, 0.15) is 5.69 Å². The lowest BCUT2D eigenvalue weighted by atomic mass is 10.0. The molecular weight excluding hydrogens is 226 g/mol. The van der Waals surface area contributed by atoms with Crippen LogP contribution in [0, 0.1) is 0 Å². The van der Waals surface area contributed by atoms with Crippen LogP contribution in [0.2, 0.25) is 0 Å². The van der Waals surface area contributed by atoms with Crippen molar-refractivity contribution in [2.45, 2.75) is 38.6 Å². The molecular formula is C14H23N3O. The number of amides is 1. The zero-order valence-corrected chi connectivity index (χ0v) is 11.1. The lowest BCUT2D eigenvalue weighted by molar-refractivity contribution is 0.0726. The molecule has 100 valence electrons. The van der Waals surface area contributed by atoms with E-state index in [4.69, 9.17) is 0 Å². The second-order valence-electron chi connectivity index (χ2n) is 4.98. The molecule has 1 saturated heterocycles. The number of hydrogen-bond donors (Lipinski definition) is 2. The first-order valence-corrected chi connectivity index (χ1v) is 6.97. The summed E-state index contributed by atoms with van der Waals surface area (Å²) in [6, 6.07) is 4.18. The van der Waals surface area contributed by atoms with Crippen LogP contribution in [0.5, 0.6) is 0 Å². The number of H-pyrrole nitrogens is 1. The highest BCUT2D eigenvalue weighted by Gasteiger charge is 2.21. The van der Waals surface area contributed by atoms with E-state index < -0.39 is 0 Å². The van der Waals surface area contributed by atoms with Gasteiger partial charge < -0.3 is 15.2 Å². The van der Waals surface area contributed by atoms with Gasteiger partial charge in [-0.2, -0.15) is 0 Å². The second kappa shape index (κ2) is 6.59. The predicted octanol–water partition coefficient (Wildman–Crippen LogP) is 2.01. The molecule has 1 fully saturated rings. The summed E-state index contributed by atoms with van der Waals surface area (Å²) >= 11 is 0. The molecule has 4 nitrogen and oxygen atoms in total. The van der Waals surface area contributed by atoms with E-state index in [0.29, 0.717) is 11.7 Å². The molecule has 18 heavy (non-hydrogen) atoms. The maximum atomic E-state index is 12.3. The zero-order valence-electron chi connectivity index (χ0n) is 11.1. The Kier molecular flexibility index (Phi) is 4.81. The molecule has 0 aliphatic carbocycles. The summed E-state index contributed by atoms with van der Waals surface area (Å²) in [6.45, 7) is 4.85. The van der Waals surface area contributed by atoms with Crippen LogP contribution in [0.1, 0.15) is 43.1 Å². The minimum absolute atomic E-state index is 0.120. The zero-order chi connectivity index (χ0) is 12.8. The molecule has 0 bridgehead atoms. The lowest BCUT2D eigenvalue weighted by Crippen LogP contribution is -2.46. The minimum Gasteiger partial charge on any atom is -0.357 e. The third-order valence-corrected chi connectivity index (χ3v) is 3.46. The number of carbonyl (C=O) groups is 1. The molecule has 1 unspecified atom stereocenters. The molecule has 1 aliphatic rings. The fraction of sp³-hybridized carbons (Fsp3) is 0.643. The average Bonchev–Trinajstić information content (AvgIpc) is 2.92. The standard InChI is InChI=1S/C14H23N3O/c1-2-10-17(11-12-6-3-4-8-15-12)14(18)13-7-5-9-16-13/h5,7,9,12,15-16H,2-4,6,8,10-11H2,1H3. The number of hydrogen-bond acceptors (Lipinski definition) is 2. The molecule has 0 radical (unpaired) electrons. The molecule has 4 heteroatoms. The van der Waals surface area contributed by atoms with Gasteiger partial charge in [-0.15, -0.1) is 0 Å². The van der Waals surface area contributed by atoms with Crippen molar-refractivity contribution < 1.29 is 4.79 Å². The Bertz CT molecular complexity index is 355. The largest absolute Gasteiger partial charge is 0.357 e. The van der Waals surface area contributed by atoms with Gasteiger partial charge in [0.2, 0.25) is 0 Å². The molecule has 1 atom stereocenters. The van der Waals surface area contributed by atoms with Gasteiger partial charge in [-0.25, -0.2) is 0 Å². The van der Waals surface area contributed by atoms with Crippen LogP contribution < -0.4 is 5.32 Å². The fourth-order valence-electron chi connectivity index (χ4n) is 2.53. The molecule has 1 aromatic heterocycles. The Morgan fingerprint density at radius 1 is 1.50 bits per heavy atom. The van der Waals surface area contributed by atoms with Crippen molar-refractivity contribution in [2.75, 3.05) is 19.6 Å². The smallest absolute Gasteiger partial charge is 0.270 e. The van der Waals surface area contributed by atoms with Crippen molar-refractivity contribution in [3.63, 3.8) is 0 Å². The van der Waals surface area contributed by atoms with Crippen LogP contribution in [0.15, 0.2) is 18.3 Å². The average molecular weight is 249 g/mol. The Balaban J connectivity index is 1.96. The van der Waals surface area contributed by atoms with Crippen molar-refractivity contribution in [2.24, 2.45) is 0 Å². The summed E-state index contributed by atoms with van der Waals surface area (Å²) in [6.07, 6.45) is 6.51. The van der Waals surface area contributed by atoms with Gasteiger partial charge >= 0.3 is 0 Å². The summed E-state index contributed by atoms with van der Waals surface area (Å²) in [5.41, 5.74) is 0.694. The van der Waals surface area contributed by atoms with Crippen molar-refractivity contribution in [3.05, 3.63) is 24.0 Å². The highest BCUT2D eigenvalue weighted by molar-refractivity contribution is 5.92. The number of aromatic nitrogens is 1. The van der Waals surface area contributed by atoms with E-state index in [-0.39, 0.29) is 5.91 Å². The summed E-state index contributed by atoms with van der Waals surface area (Å²) < 4.78 is 0. The topological polar surface area (TPSA) is 48.1 Å². The Hall–Kier alpha value is -1.29. The number of nitrogens with zero attached hydrogens (tertiary/aromatic N) is 1. The molecule has 0 spiro atoms. The van der Waals surface area contributed by atoms with E-state index in [9.17, 15) is 4.79 Å². The molecule has 2 heterocycles. The van der Waals surface area contributed by atoms with Crippen LogP contribution in [-0.4, -0.2) is 41.5 Å². The van der Waals surface area contributed by atoms with Crippen LogP contribution in [0.4, 0.5) is 0 Å². The van der Waals surface area contributed by atoms with Crippen molar-refractivity contribution in [3.8, 4) is 0 Å². The molecule has 0 aromatic carbocycles. The predicted molar refractivity (Wildman–Crippen MR) is 72.6 cm³/mol. The van der Waals surface area contributed by atoms with E-state index in [1.807, 2.05) is 17.0 Å². The highest BCUT2D eigenvalue weighted by Crippen LogP contribution is 2.11. The van der Waals surface area contributed by atoms with Crippen molar-refractivity contribution in [1.29, 1.82) is 0 Å². The summed E-state index contributed by atoms with van der Waals surface area (Å²) in [7, 11) is 0. The van der Waals surface area contributed by atoms with E-state index >= 15 is 0 Å². The third-order valence-electron chi connectivity index (χ3n) is 3.46. The number of nitrogens with one attached hydrogen (secondary N) is 2. The Morgan fingerprint density at radius 2 is 2.39 bits per heavy atom. The molecule has 1 aromatic rings. The maximum absolute atomic E-state index is 12.3. The molecule has 0 saturated carbocycles. The Morgan fingerprint density at radius 3 is 3.00 bits per heavy atom. The van der Waals surface area contributed by atoms with Crippen LogP contribution in [0.25, 0.3) is 0 Å². The maximum Gasteiger partial charge on any atom is 0.270 e. The number of aromatic amines is 1.